The molecular weight excluding hydrogens is 256 g/mol. The Bertz CT molecular complexity index is 483. The van der Waals surface area contributed by atoms with Gasteiger partial charge in [-0.2, -0.15) is 0 Å². The molecule has 2 rings (SSSR count). The van der Waals surface area contributed by atoms with E-state index in [-0.39, 0.29) is 36.6 Å². The molecule has 0 aromatic carbocycles. The largest absolute Gasteiger partial charge is 0.340 e. The molecule has 0 bridgehead atoms. The lowest BCUT2D eigenvalue weighted by Gasteiger charge is -2.40. The van der Waals surface area contributed by atoms with Gasteiger partial charge in [-0.3, -0.25) is 9.59 Å². The highest BCUT2D eigenvalue weighted by atomic mass is 32.2. The highest BCUT2D eigenvalue weighted by Gasteiger charge is 2.52. The lowest BCUT2D eigenvalue weighted by atomic mass is 9.91. The number of hydrogen-bond acceptors (Lipinski definition) is 4. The maximum Gasteiger partial charge on any atom is 0.248 e. The molecule has 102 valence electrons. The van der Waals surface area contributed by atoms with E-state index in [1.807, 2.05) is 0 Å². The Morgan fingerprint density at radius 2 is 2.00 bits per heavy atom. The van der Waals surface area contributed by atoms with E-state index in [0.717, 1.165) is 19.1 Å². The zero-order valence-corrected chi connectivity index (χ0v) is 11.4. The molecule has 1 aliphatic heterocycles. The summed E-state index contributed by atoms with van der Waals surface area (Å²) in [6.07, 6.45) is 2.99. The number of nitrogens with zero attached hydrogens (tertiary/aromatic N) is 1. The summed E-state index contributed by atoms with van der Waals surface area (Å²) in [6, 6.07) is 0. The normalized spacial score (nSPS) is 29.3. The maximum atomic E-state index is 12.3. The van der Waals surface area contributed by atoms with E-state index in [4.69, 9.17) is 0 Å². The Kier molecular flexibility index (Phi) is 3.12. The van der Waals surface area contributed by atoms with Gasteiger partial charge in [0.25, 0.3) is 0 Å². The minimum Gasteiger partial charge on any atom is -0.340 e. The highest BCUT2D eigenvalue weighted by Crippen LogP contribution is 2.41. The van der Waals surface area contributed by atoms with E-state index >= 15 is 0 Å². The van der Waals surface area contributed by atoms with Crippen LogP contribution in [0.5, 0.6) is 0 Å². The number of piperazine rings is 1. The number of carbonyl (C=O) groups excluding carboxylic acids is 2. The first-order chi connectivity index (χ1) is 8.22. The average molecular weight is 274 g/mol. The molecule has 0 spiro atoms. The molecule has 2 amide bonds. The Morgan fingerprint density at radius 3 is 2.50 bits per heavy atom. The van der Waals surface area contributed by atoms with Crippen LogP contribution in [0.2, 0.25) is 0 Å². The van der Waals surface area contributed by atoms with Crippen molar-refractivity contribution in [2.75, 3.05) is 25.1 Å². The average Bonchev–Trinajstić information content (AvgIpc) is 3.03. The summed E-state index contributed by atoms with van der Waals surface area (Å²) in [5.41, 5.74) is -0.840. The summed E-state index contributed by atoms with van der Waals surface area (Å²) in [7, 11) is -3.13. The van der Waals surface area contributed by atoms with Gasteiger partial charge in [0.05, 0.1) is 12.3 Å². The van der Waals surface area contributed by atoms with E-state index in [1.54, 1.807) is 6.92 Å². The quantitative estimate of drug-likeness (QED) is 0.724. The summed E-state index contributed by atoms with van der Waals surface area (Å²) in [5.74, 6) is -0.284. The molecule has 6 nitrogen and oxygen atoms in total. The van der Waals surface area contributed by atoms with Crippen molar-refractivity contribution in [3.63, 3.8) is 0 Å². The number of amides is 2. The molecule has 1 N–H and O–H groups in total. The van der Waals surface area contributed by atoms with Crippen LogP contribution in [0.25, 0.3) is 0 Å². The summed E-state index contributed by atoms with van der Waals surface area (Å²) >= 11 is 0. The monoisotopic (exact) mass is 274 g/mol. The van der Waals surface area contributed by atoms with Crippen molar-refractivity contribution in [2.45, 2.75) is 25.3 Å². The number of carbonyl (C=O) groups is 2. The smallest absolute Gasteiger partial charge is 0.248 e. The molecule has 1 aliphatic carbocycles. The third-order valence-corrected chi connectivity index (χ3v) is 4.52. The second kappa shape index (κ2) is 4.22. The fourth-order valence-electron chi connectivity index (χ4n) is 2.35. The lowest BCUT2D eigenvalue weighted by molar-refractivity contribution is -0.149. The Balaban J connectivity index is 2.10. The van der Waals surface area contributed by atoms with E-state index < -0.39 is 15.4 Å². The first kappa shape index (κ1) is 13.3. The summed E-state index contributed by atoms with van der Waals surface area (Å²) in [5, 5.41) is 2.75. The number of hydrogen-bond donors (Lipinski definition) is 1. The molecule has 2 fully saturated rings. The summed E-state index contributed by atoms with van der Waals surface area (Å²) in [6.45, 7) is 1.78. The van der Waals surface area contributed by atoms with E-state index in [0.29, 0.717) is 0 Å². The van der Waals surface area contributed by atoms with Gasteiger partial charge in [0.2, 0.25) is 11.8 Å². The zero-order valence-electron chi connectivity index (χ0n) is 10.6. The van der Waals surface area contributed by atoms with Crippen LogP contribution in [-0.4, -0.2) is 55.8 Å². The standard InChI is InChI=1S/C11H18N2O4S/c1-11(8-3-4-8)10(15)13(7-9(14)12-11)5-6-18(2,16)17/h8H,3-7H2,1-2H3,(H,12,14). The van der Waals surface area contributed by atoms with E-state index in [2.05, 4.69) is 5.32 Å². The minimum atomic E-state index is -3.13. The van der Waals surface area contributed by atoms with Crippen molar-refractivity contribution < 1.29 is 18.0 Å². The number of nitrogens with one attached hydrogen (secondary N) is 1. The summed E-state index contributed by atoms with van der Waals surface area (Å²) < 4.78 is 22.3. The SMILES string of the molecule is CC1(C2CC2)NC(=O)CN(CCS(C)(=O)=O)C1=O. The van der Waals surface area contributed by atoms with E-state index in [9.17, 15) is 18.0 Å². The first-order valence-electron chi connectivity index (χ1n) is 6.00. The molecule has 7 heteroatoms. The predicted molar refractivity (Wildman–Crippen MR) is 65.6 cm³/mol. The zero-order chi connectivity index (χ0) is 13.6. The third-order valence-electron chi connectivity index (χ3n) is 3.59. The second-order valence-electron chi connectivity index (χ2n) is 5.38. The van der Waals surface area contributed by atoms with Gasteiger partial charge in [-0.05, 0) is 25.7 Å². The van der Waals surface area contributed by atoms with Crippen LogP contribution < -0.4 is 5.32 Å². The molecule has 0 aromatic rings. The van der Waals surface area contributed by atoms with Crippen LogP contribution in [0.1, 0.15) is 19.8 Å². The van der Waals surface area contributed by atoms with Crippen molar-refractivity contribution in [2.24, 2.45) is 5.92 Å². The number of rotatable bonds is 4. The molecular formula is C11H18N2O4S. The predicted octanol–water partition coefficient (Wildman–Crippen LogP) is -0.842. The Labute approximate surface area is 107 Å². The van der Waals surface area contributed by atoms with Crippen LogP contribution >= 0.6 is 0 Å². The third kappa shape index (κ3) is 2.66. The van der Waals surface area contributed by atoms with Crippen molar-refractivity contribution >= 4 is 21.7 Å². The lowest BCUT2D eigenvalue weighted by Crippen LogP contribution is -2.66. The van der Waals surface area contributed by atoms with Gasteiger partial charge in [-0.25, -0.2) is 8.42 Å². The van der Waals surface area contributed by atoms with Crippen LogP contribution in [0.15, 0.2) is 0 Å². The molecule has 1 heterocycles. The first-order valence-corrected chi connectivity index (χ1v) is 8.06. The molecule has 1 saturated heterocycles. The van der Waals surface area contributed by atoms with Gasteiger partial charge in [-0.15, -0.1) is 0 Å². The van der Waals surface area contributed by atoms with Gasteiger partial charge < -0.3 is 10.2 Å². The molecule has 18 heavy (non-hydrogen) atoms. The minimum absolute atomic E-state index is 0.0450. The highest BCUT2D eigenvalue weighted by molar-refractivity contribution is 7.90. The number of sulfone groups is 1. The fourth-order valence-corrected chi connectivity index (χ4v) is 2.90. The Hall–Kier alpha value is -1.11. The van der Waals surface area contributed by atoms with Crippen LogP contribution in [0, 0.1) is 5.92 Å². The molecule has 0 radical (unpaired) electrons. The molecule has 1 unspecified atom stereocenters. The van der Waals surface area contributed by atoms with Gasteiger partial charge in [-0.1, -0.05) is 0 Å². The molecule has 1 saturated carbocycles. The Morgan fingerprint density at radius 1 is 1.39 bits per heavy atom. The van der Waals surface area contributed by atoms with Crippen molar-refractivity contribution in [3.8, 4) is 0 Å². The van der Waals surface area contributed by atoms with Gasteiger partial charge in [0.1, 0.15) is 15.4 Å². The summed E-state index contributed by atoms with van der Waals surface area (Å²) in [4.78, 5) is 25.3. The molecule has 2 aliphatic rings. The molecule has 0 aromatic heterocycles. The van der Waals surface area contributed by atoms with E-state index in [1.165, 1.54) is 4.90 Å². The van der Waals surface area contributed by atoms with Crippen molar-refractivity contribution in [1.29, 1.82) is 0 Å². The van der Waals surface area contributed by atoms with Gasteiger partial charge >= 0.3 is 0 Å². The van der Waals surface area contributed by atoms with Crippen LogP contribution in [0.3, 0.4) is 0 Å². The maximum absolute atomic E-state index is 12.3. The van der Waals surface area contributed by atoms with Crippen molar-refractivity contribution in [1.82, 2.24) is 10.2 Å². The second-order valence-corrected chi connectivity index (χ2v) is 7.64. The fraction of sp³-hybridized carbons (Fsp3) is 0.818. The topological polar surface area (TPSA) is 83.6 Å². The van der Waals surface area contributed by atoms with Crippen LogP contribution in [-0.2, 0) is 19.4 Å². The molecule has 1 atom stereocenters. The van der Waals surface area contributed by atoms with Gasteiger partial charge in [0.15, 0.2) is 0 Å². The van der Waals surface area contributed by atoms with Gasteiger partial charge in [0, 0.05) is 12.8 Å². The van der Waals surface area contributed by atoms with Crippen molar-refractivity contribution in [3.05, 3.63) is 0 Å². The van der Waals surface area contributed by atoms with Crippen LogP contribution in [0.4, 0.5) is 0 Å².